The van der Waals surface area contributed by atoms with E-state index < -0.39 is 12.1 Å². The van der Waals surface area contributed by atoms with Crippen molar-refractivity contribution in [2.75, 3.05) is 0 Å². The molecule has 1 amide bonds. The second-order valence-electron chi connectivity index (χ2n) is 7.99. The van der Waals surface area contributed by atoms with Crippen LogP contribution in [0.15, 0.2) is 73.2 Å². The number of aromatic amines is 1. The molecule has 0 aliphatic heterocycles. The van der Waals surface area contributed by atoms with Crippen molar-refractivity contribution < 1.29 is 19.0 Å². The molecule has 4 rings (SSSR count). The SMILES string of the molecule is C[C@H](O)[C@@H](CCc1ccccc1OCc1ccc(-c2ccc(F)cc2)s1)NC(=O)c1cnc[nH]1. The Morgan fingerprint density at radius 1 is 1.18 bits per heavy atom. The zero-order valence-corrected chi connectivity index (χ0v) is 19.5. The topological polar surface area (TPSA) is 87.2 Å². The lowest BCUT2D eigenvalue weighted by Crippen LogP contribution is -2.42. The Hall–Kier alpha value is -3.49. The van der Waals surface area contributed by atoms with E-state index in [1.165, 1.54) is 24.7 Å². The van der Waals surface area contributed by atoms with Crippen LogP contribution in [0.2, 0.25) is 0 Å². The molecule has 2 heterocycles. The highest BCUT2D eigenvalue weighted by Gasteiger charge is 2.20. The van der Waals surface area contributed by atoms with Gasteiger partial charge in [-0.2, -0.15) is 0 Å². The van der Waals surface area contributed by atoms with E-state index in [4.69, 9.17) is 4.74 Å². The lowest BCUT2D eigenvalue weighted by molar-refractivity contribution is 0.0846. The molecule has 4 aromatic rings. The van der Waals surface area contributed by atoms with Crippen LogP contribution in [0.5, 0.6) is 5.75 Å². The van der Waals surface area contributed by atoms with Gasteiger partial charge in [-0.1, -0.05) is 30.3 Å². The summed E-state index contributed by atoms with van der Waals surface area (Å²) in [5.74, 6) is 0.213. The predicted octanol–water partition coefficient (Wildman–Crippen LogP) is 4.97. The number of rotatable bonds is 10. The second-order valence-corrected chi connectivity index (χ2v) is 9.16. The van der Waals surface area contributed by atoms with Gasteiger partial charge in [-0.3, -0.25) is 4.79 Å². The molecule has 0 radical (unpaired) electrons. The average molecular weight is 480 g/mol. The van der Waals surface area contributed by atoms with Gasteiger partial charge in [0.2, 0.25) is 0 Å². The molecule has 2 aromatic heterocycles. The van der Waals surface area contributed by atoms with Crippen molar-refractivity contribution in [3.05, 3.63) is 95.1 Å². The highest BCUT2D eigenvalue weighted by molar-refractivity contribution is 7.15. The number of halogens is 1. The maximum Gasteiger partial charge on any atom is 0.269 e. The van der Waals surface area contributed by atoms with Crippen molar-refractivity contribution >= 4 is 17.2 Å². The molecular formula is C26H26FN3O3S. The standard InChI is InChI=1S/C26H26FN3O3S/c1-17(31)22(30-26(32)23-14-28-16-29-23)12-8-18-4-2-3-5-24(18)33-15-21-11-13-25(34-21)19-6-9-20(27)10-7-19/h2-7,9-11,13-14,16-17,22,31H,8,12,15H2,1H3,(H,28,29)(H,30,32)/t17-,22+/m0/s1. The summed E-state index contributed by atoms with van der Waals surface area (Å²) >= 11 is 1.61. The van der Waals surface area contributed by atoms with Crippen molar-refractivity contribution in [3.8, 4) is 16.2 Å². The first-order valence-corrected chi connectivity index (χ1v) is 11.8. The van der Waals surface area contributed by atoms with Crippen LogP contribution >= 0.6 is 11.3 Å². The Labute approximate surface area is 201 Å². The highest BCUT2D eigenvalue weighted by atomic mass is 32.1. The molecule has 0 saturated heterocycles. The number of ether oxygens (including phenoxy) is 1. The van der Waals surface area contributed by atoms with E-state index in [2.05, 4.69) is 15.3 Å². The zero-order valence-electron chi connectivity index (χ0n) is 18.7. The third-order valence-corrected chi connectivity index (χ3v) is 6.61. The van der Waals surface area contributed by atoms with Crippen LogP contribution in [-0.4, -0.2) is 33.1 Å². The molecule has 2 atom stereocenters. The summed E-state index contributed by atoms with van der Waals surface area (Å²) in [7, 11) is 0. The Morgan fingerprint density at radius 2 is 1.97 bits per heavy atom. The van der Waals surface area contributed by atoms with E-state index in [-0.39, 0.29) is 11.7 Å². The summed E-state index contributed by atoms with van der Waals surface area (Å²) in [6, 6.07) is 17.8. The third kappa shape index (κ3) is 6.09. The number of amides is 1. The van der Waals surface area contributed by atoms with Crippen LogP contribution in [0.25, 0.3) is 10.4 Å². The number of hydrogen-bond donors (Lipinski definition) is 3. The molecule has 6 nitrogen and oxygen atoms in total. The van der Waals surface area contributed by atoms with Crippen molar-refractivity contribution in [1.82, 2.24) is 15.3 Å². The van der Waals surface area contributed by atoms with Gasteiger partial charge in [-0.25, -0.2) is 9.37 Å². The van der Waals surface area contributed by atoms with E-state index in [0.717, 1.165) is 26.6 Å². The number of carbonyl (C=O) groups is 1. The summed E-state index contributed by atoms with van der Waals surface area (Å²) in [4.78, 5) is 21.1. The van der Waals surface area contributed by atoms with E-state index in [0.29, 0.717) is 25.1 Å². The molecule has 0 unspecified atom stereocenters. The number of thiophene rings is 1. The molecule has 0 aliphatic rings. The fourth-order valence-electron chi connectivity index (χ4n) is 3.60. The van der Waals surface area contributed by atoms with Crippen molar-refractivity contribution in [2.45, 2.75) is 38.5 Å². The summed E-state index contributed by atoms with van der Waals surface area (Å²) in [6.45, 7) is 2.08. The number of aryl methyl sites for hydroxylation is 1. The Bertz CT molecular complexity index is 1210. The predicted molar refractivity (Wildman–Crippen MR) is 130 cm³/mol. The van der Waals surface area contributed by atoms with Crippen LogP contribution in [-0.2, 0) is 13.0 Å². The van der Waals surface area contributed by atoms with Gasteiger partial charge in [0, 0.05) is 9.75 Å². The average Bonchev–Trinajstić information content (AvgIpc) is 3.54. The van der Waals surface area contributed by atoms with Crippen molar-refractivity contribution in [2.24, 2.45) is 0 Å². The minimum Gasteiger partial charge on any atom is -0.488 e. The lowest BCUT2D eigenvalue weighted by Gasteiger charge is -2.21. The van der Waals surface area contributed by atoms with Gasteiger partial charge in [-0.15, -0.1) is 11.3 Å². The fourth-order valence-corrected chi connectivity index (χ4v) is 4.52. The summed E-state index contributed by atoms with van der Waals surface area (Å²) < 4.78 is 19.3. The first kappa shape index (κ1) is 23.7. The number of H-pyrrole nitrogens is 1. The summed E-state index contributed by atoms with van der Waals surface area (Å²) in [5.41, 5.74) is 2.32. The number of aromatic nitrogens is 2. The number of aliphatic hydroxyl groups excluding tert-OH is 1. The Morgan fingerprint density at radius 3 is 2.71 bits per heavy atom. The van der Waals surface area contributed by atoms with Crippen LogP contribution in [0.1, 0.15) is 34.3 Å². The van der Waals surface area contributed by atoms with Crippen LogP contribution in [0.4, 0.5) is 4.39 Å². The van der Waals surface area contributed by atoms with Gasteiger partial charge >= 0.3 is 0 Å². The Balaban J connectivity index is 1.37. The van der Waals surface area contributed by atoms with Crippen LogP contribution < -0.4 is 10.1 Å². The van der Waals surface area contributed by atoms with Crippen LogP contribution in [0.3, 0.4) is 0 Å². The molecule has 34 heavy (non-hydrogen) atoms. The van der Waals surface area contributed by atoms with E-state index in [1.54, 1.807) is 30.4 Å². The van der Waals surface area contributed by atoms with Gasteiger partial charge < -0.3 is 20.1 Å². The molecule has 0 saturated carbocycles. The van der Waals surface area contributed by atoms with Crippen LogP contribution in [0, 0.1) is 5.82 Å². The van der Waals surface area contributed by atoms with Gasteiger partial charge in [0.25, 0.3) is 5.91 Å². The number of carbonyl (C=O) groups excluding carboxylic acids is 1. The number of hydrogen-bond acceptors (Lipinski definition) is 5. The Kier molecular flexibility index (Phi) is 7.72. The second kappa shape index (κ2) is 11.1. The highest BCUT2D eigenvalue weighted by Crippen LogP contribution is 2.30. The third-order valence-electron chi connectivity index (χ3n) is 5.50. The monoisotopic (exact) mass is 479 g/mol. The van der Waals surface area contributed by atoms with Gasteiger partial charge in [0.05, 0.1) is 24.7 Å². The summed E-state index contributed by atoms with van der Waals surface area (Å²) in [5, 5.41) is 13.0. The maximum atomic E-state index is 13.2. The molecular weight excluding hydrogens is 453 g/mol. The smallest absolute Gasteiger partial charge is 0.269 e. The minimum atomic E-state index is -0.712. The van der Waals surface area contributed by atoms with E-state index in [1.807, 2.05) is 36.4 Å². The molecule has 0 fully saturated rings. The quantitative estimate of drug-likeness (QED) is 0.300. The van der Waals surface area contributed by atoms with Crippen molar-refractivity contribution in [1.29, 1.82) is 0 Å². The molecule has 0 aliphatic carbocycles. The number of imidazole rings is 1. The molecule has 8 heteroatoms. The maximum absolute atomic E-state index is 13.2. The zero-order chi connectivity index (χ0) is 23.9. The van der Waals surface area contributed by atoms with E-state index in [9.17, 15) is 14.3 Å². The first-order valence-electron chi connectivity index (χ1n) is 11.0. The first-order chi connectivity index (χ1) is 16.5. The van der Waals surface area contributed by atoms with Crippen molar-refractivity contribution in [3.63, 3.8) is 0 Å². The molecule has 2 aromatic carbocycles. The van der Waals surface area contributed by atoms with Gasteiger partial charge in [0.1, 0.15) is 23.9 Å². The minimum absolute atomic E-state index is 0.251. The van der Waals surface area contributed by atoms with E-state index >= 15 is 0 Å². The number of para-hydroxylation sites is 1. The summed E-state index contributed by atoms with van der Waals surface area (Å²) in [6.07, 6.45) is 3.35. The largest absolute Gasteiger partial charge is 0.488 e. The number of nitrogens with one attached hydrogen (secondary N) is 2. The molecule has 176 valence electrons. The van der Waals surface area contributed by atoms with Gasteiger partial charge in [0.15, 0.2) is 0 Å². The number of aliphatic hydroxyl groups is 1. The molecule has 0 spiro atoms. The molecule has 0 bridgehead atoms. The number of benzene rings is 2. The van der Waals surface area contributed by atoms with Gasteiger partial charge in [-0.05, 0) is 61.2 Å². The fraction of sp³-hybridized carbons (Fsp3) is 0.231. The number of nitrogens with zero attached hydrogens (tertiary/aromatic N) is 1. The molecule has 3 N–H and O–H groups in total. The normalized spacial score (nSPS) is 12.8. The lowest BCUT2D eigenvalue weighted by atomic mass is 10.0.